The molecule has 1 aromatic carbocycles. The topological polar surface area (TPSA) is 51.2 Å². The van der Waals surface area contributed by atoms with Gasteiger partial charge in [-0.1, -0.05) is 12.1 Å². The third-order valence-corrected chi connectivity index (χ3v) is 4.94. The van der Waals surface area contributed by atoms with Crippen LogP contribution >= 0.6 is 0 Å². The van der Waals surface area contributed by atoms with Gasteiger partial charge in [-0.25, -0.2) is 4.79 Å². The van der Waals surface area contributed by atoms with Crippen molar-refractivity contribution in [1.29, 1.82) is 0 Å². The Kier molecular flexibility index (Phi) is 3.56. The summed E-state index contributed by atoms with van der Waals surface area (Å²) >= 11 is 0. The summed E-state index contributed by atoms with van der Waals surface area (Å²) in [5, 5.41) is 0. The molecule has 4 rings (SSSR count). The molecule has 0 bridgehead atoms. The first-order valence-corrected chi connectivity index (χ1v) is 8.19. The number of hydrogen-bond acceptors (Lipinski definition) is 5. The summed E-state index contributed by atoms with van der Waals surface area (Å²) < 4.78 is 17.4. The van der Waals surface area contributed by atoms with E-state index in [1.54, 1.807) is 11.9 Å². The summed E-state index contributed by atoms with van der Waals surface area (Å²) in [6, 6.07) is 7.79. The van der Waals surface area contributed by atoms with Crippen LogP contribution in [0.3, 0.4) is 0 Å². The van der Waals surface area contributed by atoms with Gasteiger partial charge in [-0.15, -0.1) is 0 Å². The van der Waals surface area contributed by atoms with Crippen LogP contribution in [0, 0.1) is 0 Å². The fourth-order valence-corrected chi connectivity index (χ4v) is 3.64. The third-order valence-electron chi connectivity index (χ3n) is 4.94. The molecule has 0 saturated carbocycles. The van der Waals surface area contributed by atoms with Gasteiger partial charge in [0.15, 0.2) is 11.5 Å². The van der Waals surface area contributed by atoms with E-state index in [-0.39, 0.29) is 17.8 Å². The van der Waals surface area contributed by atoms with Crippen LogP contribution in [0.2, 0.25) is 0 Å². The lowest BCUT2D eigenvalue weighted by Gasteiger charge is -2.39. The van der Waals surface area contributed by atoms with Crippen molar-refractivity contribution < 1.29 is 19.0 Å². The van der Waals surface area contributed by atoms with Gasteiger partial charge in [0.2, 0.25) is 0 Å². The van der Waals surface area contributed by atoms with Gasteiger partial charge >= 0.3 is 6.09 Å². The number of carbonyl (C=O) groups excluding carboxylic acids is 1. The van der Waals surface area contributed by atoms with E-state index in [9.17, 15) is 4.79 Å². The van der Waals surface area contributed by atoms with Gasteiger partial charge in [-0.05, 0) is 12.1 Å². The van der Waals surface area contributed by atoms with Crippen molar-refractivity contribution in [1.82, 2.24) is 9.80 Å². The number of amides is 1. The number of piperidine rings is 1. The maximum atomic E-state index is 11.6. The van der Waals surface area contributed by atoms with Gasteiger partial charge in [0.25, 0.3) is 0 Å². The Hall–Kier alpha value is -1.95. The predicted octanol–water partition coefficient (Wildman–Crippen LogP) is 1.74. The van der Waals surface area contributed by atoms with Crippen LogP contribution in [0.5, 0.6) is 11.5 Å². The molecular formula is C17H22N2O4. The highest BCUT2D eigenvalue weighted by Crippen LogP contribution is 2.34. The molecule has 1 aromatic rings. The van der Waals surface area contributed by atoms with Gasteiger partial charge in [0.1, 0.15) is 18.3 Å². The fourth-order valence-electron chi connectivity index (χ4n) is 3.64. The lowest BCUT2D eigenvalue weighted by molar-refractivity contribution is -0.0148. The van der Waals surface area contributed by atoms with Crippen molar-refractivity contribution in [2.24, 2.45) is 0 Å². The van der Waals surface area contributed by atoms with Crippen LogP contribution in [0.15, 0.2) is 24.3 Å². The predicted molar refractivity (Wildman–Crippen MR) is 83.9 cm³/mol. The molecule has 6 heteroatoms. The highest BCUT2D eigenvalue weighted by molar-refractivity contribution is 5.70. The maximum Gasteiger partial charge on any atom is 0.410 e. The molecule has 6 nitrogen and oxygen atoms in total. The monoisotopic (exact) mass is 318 g/mol. The first-order valence-electron chi connectivity index (χ1n) is 8.19. The number of rotatable bonds is 2. The van der Waals surface area contributed by atoms with Gasteiger partial charge < -0.3 is 19.1 Å². The lowest BCUT2D eigenvalue weighted by atomic mass is 9.91. The zero-order valence-corrected chi connectivity index (χ0v) is 13.4. The molecule has 1 unspecified atom stereocenters. The third kappa shape index (κ3) is 2.83. The summed E-state index contributed by atoms with van der Waals surface area (Å²) in [5.74, 6) is 1.64. The zero-order valence-electron chi connectivity index (χ0n) is 13.4. The normalized spacial score (nSPS) is 26.4. The number of likely N-dealkylation sites (N-methyl/N-ethyl adjacent to an activating group) is 1. The molecule has 0 radical (unpaired) electrons. The number of carbonyl (C=O) groups is 1. The van der Waals surface area contributed by atoms with E-state index < -0.39 is 0 Å². The van der Waals surface area contributed by atoms with Crippen molar-refractivity contribution >= 4 is 6.09 Å². The SMILES string of the molecule is CN1CC2(CCN(CC3COc4ccccc4O3)CC2)OC1=O. The second kappa shape index (κ2) is 5.60. The first-order chi connectivity index (χ1) is 11.1. The summed E-state index contributed by atoms with van der Waals surface area (Å²) in [4.78, 5) is 15.7. The molecule has 1 amide bonds. The van der Waals surface area contributed by atoms with Crippen molar-refractivity contribution in [2.45, 2.75) is 24.5 Å². The number of benzene rings is 1. The molecule has 3 aliphatic rings. The molecule has 0 aromatic heterocycles. The average molecular weight is 318 g/mol. The molecule has 23 heavy (non-hydrogen) atoms. The molecule has 2 fully saturated rings. The maximum absolute atomic E-state index is 11.6. The van der Waals surface area contributed by atoms with Gasteiger partial charge in [0.05, 0.1) is 6.54 Å². The standard InChI is InChI=1S/C17H22N2O4/c1-18-12-17(23-16(18)20)6-8-19(9-7-17)10-13-11-21-14-4-2-3-5-15(14)22-13/h2-5,13H,6-12H2,1H3. The van der Waals surface area contributed by atoms with Crippen molar-refractivity contribution in [2.75, 3.05) is 39.8 Å². The number of fused-ring (bicyclic) bond motifs is 1. The van der Waals surface area contributed by atoms with E-state index in [0.717, 1.165) is 44.0 Å². The highest BCUT2D eigenvalue weighted by Gasteiger charge is 2.45. The van der Waals surface area contributed by atoms with E-state index in [2.05, 4.69) is 4.90 Å². The second-order valence-electron chi connectivity index (χ2n) is 6.71. The zero-order chi connectivity index (χ0) is 15.9. The second-order valence-corrected chi connectivity index (χ2v) is 6.71. The number of para-hydroxylation sites is 2. The van der Waals surface area contributed by atoms with Crippen LogP contribution in [0.1, 0.15) is 12.8 Å². The molecule has 0 N–H and O–H groups in total. The van der Waals surface area contributed by atoms with E-state index in [1.807, 2.05) is 24.3 Å². The van der Waals surface area contributed by atoms with Crippen molar-refractivity contribution in [3.63, 3.8) is 0 Å². The molecule has 124 valence electrons. The summed E-state index contributed by atoms with van der Waals surface area (Å²) in [6.45, 7) is 3.96. The Morgan fingerprint density at radius 2 is 1.96 bits per heavy atom. The highest BCUT2D eigenvalue weighted by atomic mass is 16.6. The smallest absolute Gasteiger partial charge is 0.410 e. The first kappa shape index (κ1) is 14.6. The number of nitrogens with zero attached hydrogens (tertiary/aromatic N) is 2. The lowest BCUT2D eigenvalue weighted by Crippen LogP contribution is -2.50. The largest absolute Gasteiger partial charge is 0.486 e. The molecule has 3 heterocycles. The molecule has 3 aliphatic heterocycles. The van der Waals surface area contributed by atoms with E-state index >= 15 is 0 Å². The van der Waals surface area contributed by atoms with Crippen molar-refractivity contribution in [3.8, 4) is 11.5 Å². The Labute approximate surface area is 135 Å². The van der Waals surface area contributed by atoms with Crippen LogP contribution in [-0.4, -0.2) is 67.4 Å². The van der Waals surface area contributed by atoms with Gasteiger partial charge in [-0.2, -0.15) is 0 Å². The van der Waals surface area contributed by atoms with Crippen LogP contribution in [0.4, 0.5) is 4.79 Å². The summed E-state index contributed by atoms with van der Waals surface area (Å²) in [5.41, 5.74) is -0.279. The molecule has 0 aliphatic carbocycles. The minimum absolute atomic E-state index is 0.0488. The summed E-state index contributed by atoms with van der Waals surface area (Å²) in [7, 11) is 1.80. The van der Waals surface area contributed by atoms with Gasteiger partial charge in [-0.3, -0.25) is 4.90 Å². The van der Waals surface area contributed by atoms with E-state index in [0.29, 0.717) is 13.2 Å². The Morgan fingerprint density at radius 1 is 1.22 bits per heavy atom. The van der Waals surface area contributed by atoms with Crippen LogP contribution in [-0.2, 0) is 4.74 Å². The molecule has 1 spiro atoms. The van der Waals surface area contributed by atoms with Crippen molar-refractivity contribution in [3.05, 3.63) is 24.3 Å². The quantitative estimate of drug-likeness (QED) is 0.831. The van der Waals surface area contributed by atoms with E-state index in [4.69, 9.17) is 14.2 Å². The minimum atomic E-state index is -0.279. The fraction of sp³-hybridized carbons (Fsp3) is 0.588. The van der Waals surface area contributed by atoms with Gasteiger partial charge in [0, 0.05) is 39.5 Å². The molecular weight excluding hydrogens is 296 g/mol. The summed E-state index contributed by atoms with van der Waals surface area (Å²) in [6.07, 6.45) is 1.62. The average Bonchev–Trinajstić information content (AvgIpc) is 2.84. The number of likely N-dealkylation sites (tertiary alicyclic amines) is 1. The number of hydrogen-bond donors (Lipinski definition) is 0. The Morgan fingerprint density at radius 3 is 2.65 bits per heavy atom. The Balaban J connectivity index is 1.32. The number of ether oxygens (including phenoxy) is 3. The minimum Gasteiger partial charge on any atom is -0.486 e. The molecule has 2 saturated heterocycles. The van der Waals surface area contributed by atoms with E-state index in [1.165, 1.54) is 0 Å². The van der Waals surface area contributed by atoms with Crippen LogP contribution in [0.25, 0.3) is 0 Å². The van der Waals surface area contributed by atoms with Crippen LogP contribution < -0.4 is 9.47 Å². The molecule has 1 atom stereocenters. The Bertz CT molecular complexity index is 598.